The number of thioether (sulfide) groups is 1. The van der Waals surface area contributed by atoms with Crippen LogP contribution in [0.4, 0.5) is 0 Å². The fourth-order valence-electron chi connectivity index (χ4n) is 4.65. The molecule has 0 unspecified atom stereocenters. The first kappa shape index (κ1) is 22.6. The zero-order chi connectivity index (χ0) is 23.7. The van der Waals surface area contributed by atoms with Crippen molar-refractivity contribution in [2.24, 2.45) is 0 Å². The summed E-state index contributed by atoms with van der Waals surface area (Å²) < 4.78 is 17.8. The van der Waals surface area contributed by atoms with Gasteiger partial charge in [0.05, 0.1) is 13.5 Å². The molecular weight excluding hydrogens is 458 g/mol. The third kappa shape index (κ3) is 4.34. The van der Waals surface area contributed by atoms with E-state index >= 15 is 0 Å². The van der Waals surface area contributed by atoms with Crippen LogP contribution in [-0.4, -0.2) is 77.8 Å². The molecule has 10 heteroatoms. The SMILES string of the molecule is COc1cc(=O)n2c(c1C(=O)N1CCSCC1)CCN(C(=O)Cc1ccc3c(c1)OCO3)CC2. The maximum atomic E-state index is 13.4. The van der Waals surface area contributed by atoms with Gasteiger partial charge in [0.25, 0.3) is 11.5 Å². The van der Waals surface area contributed by atoms with E-state index in [1.807, 2.05) is 34.9 Å². The fourth-order valence-corrected chi connectivity index (χ4v) is 5.56. The average molecular weight is 486 g/mol. The minimum absolute atomic E-state index is 0.0346. The average Bonchev–Trinajstić information content (AvgIpc) is 3.20. The van der Waals surface area contributed by atoms with Crippen molar-refractivity contribution in [3.63, 3.8) is 0 Å². The van der Waals surface area contributed by atoms with E-state index in [1.54, 1.807) is 9.47 Å². The Labute approximate surface area is 201 Å². The minimum Gasteiger partial charge on any atom is -0.496 e. The van der Waals surface area contributed by atoms with Gasteiger partial charge in [-0.2, -0.15) is 11.8 Å². The Bertz CT molecular complexity index is 1170. The molecule has 0 radical (unpaired) electrons. The van der Waals surface area contributed by atoms with Crippen molar-refractivity contribution in [2.75, 3.05) is 51.6 Å². The number of pyridine rings is 1. The van der Waals surface area contributed by atoms with E-state index in [-0.39, 0.29) is 30.6 Å². The Balaban J connectivity index is 1.37. The van der Waals surface area contributed by atoms with E-state index in [1.165, 1.54) is 13.2 Å². The second-order valence-electron chi connectivity index (χ2n) is 8.42. The summed E-state index contributed by atoms with van der Waals surface area (Å²) >= 11 is 1.83. The number of methoxy groups -OCH3 is 1. The Morgan fingerprint density at radius 1 is 1.00 bits per heavy atom. The number of benzene rings is 1. The number of ether oxygens (including phenoxy) is 3. The van der Waals surface area contributed by atoms with Crippen LogP contribution in [0.25, 0.3) is 0 Å². The number of fused-ring (bicyclic) bond motifs is 2. The number of carbonyl (C=O) groups excluding carboxylic acids is 2. The van der Waals surface area contributed by atoms with Gasteiger partial charge in [0.2, 0.25) is 12.7 Å². The summed E-state index contributed by atoms with van der Waals surface area (Å²) in [6, 6.07) is 6.89. The number of hydrogen-bond acceptors (Lipinski definition) is 7. The van der Waals surface area contributed by atoms with Gasteiger partial charge in [0.1, 0.15) is 11.3 Å². The smallest absolute Gasteiger partial charge is 0.259 e. The molecule has 3 aliphatic heterocycles. The van der Waals surface area contributed by atoms with Crippen molar-refractivity contribution in [1.29, 1.82) is 0 Å². The Hall–Kier alpha value is -3.14. The van der Waals surface area contributed by atoms with E-state index in [0.29, 0.717) is 67.7 Å². The molecule has 0 spiro atoms. The molecule has 1 saturated heterocycles. The molecule has 0 aliphatic carbocycles. The molecule has 1 aromatic carbocycles. The van der Waals surface area contributed by atoms with Crippen LogP contribution in [0.15, 0.2) is 29.1 Å². The first-order chi connectivity index (χ1) is 16.5. The van der Waals surface area contributed by atoms with Gasteiger partial charge in [-0.1, -0.05) is 6.07 Å². The molecule has 180 valence electrons. The lowest BCUT2D eigenvalue weighted by Gasteiger charge is -2.28. The standard InChI is InChI=1S/C24H27N3O6S/c1-31-20-14-22(29)27-7-6-25(21(28)13-16-2-3-18-19(12-16)33-15-32-18)5-4-17(27)23(20)24(30)26-8-10-34-11-9-26/h2-3,12,14H,4-11,13,15H2,1H3. The van der Waals surface area contributed by atoms with Crippen LogP contribution in [0, 0.1) is 0 Å². The summed E-state index contributed by atoms with van der Waals surface area (Å²) in [4.78, 5) is 43.0. The number of amides is 2. The van der Waals surface area contributed by atoms with Crippen LogP contribution in [0.1, 0.15) is 21.6 Å². The highest BCUT2D eigenvalue weighted by molar-refractivity contribution is 7.99. The molecule has 0 saturated carbocycles. The third-order valence-electron chi connectivity index (χ3n) is 6.47. The van der Waals surface area contributed by atoms with Gasteiger partial charge in [-0.15, -0.1) is 0 Å². The molecule has 0 N–H and O–H groups in total. The molecule has 0 bridgehead atoms. The first-order valence-corrected chi connectivity index (χ1v) is 12.5. The Kier molecular flexibility index (Phi) is 6.40. The molecule has 34 heavy (non-hydrogen) atoms. The van der Waals surface area contributed by atoms with Gasteiger partial charge < -0.3 is 28.6 Å². The molecule has 1 fully saturated rings. The molecule has 5 rings (SSSR count). The minimum atomic E-state index is -0.220. The number of nitrogens with zero attached hydrogens (tertiary/aromatic N) is 3. The van der Waals surface area contributed by atoms with Gasteiger partial charge in [-0.25, -0.2) is 0 Å². The van der Waals surface area contributed by atoms with E-state index in [4.69, 9.17) is 14.2 Å². The summed E-state index contributed by atoms with van der Waals surface area (Å²) in [6.45, 7) is 2.69. The van der Waals surface area contributed by atoms with Gasteiger partial charge in [0.15, 0.2) is 11.5 Å². The third-order valence-corrected chi connectivity index (χ3v) is 7.41. The Morgan fingerprint density at radius 3 is 2.59 bits per heavy atom. The zero-order valence-corrected chi connectivity index (χ0v) is 19.9. The van der Waals surface area contributed by atoms with Crippen molar-refractivity contribution < 1.29 is 23.8 Å². The first-order valence-electron chi connectivity index (χ1n) is 11.4. The number of rotatable bonds is 4. The predicted octanol–water partition coefficient (Wildman–Crippen LogP) is 1.40. The molecule has 2 amide bonds. The van der Waals surface area contributed by atoms with Crippen LogP contribution in [-0.2, 0) is 24.2 Å². The van der Waals surface area contributed by atoms with Crippen molar-refractivity contribution >= 4 is 23.6 Å². The second-order valence-corrected chi connectivity index (χ2v) is 9.65. The largest absolute Gasteiger partial charge is 0.496 e. The normalized spacial score (nSPS) is 17.2. The Morgan fingerprint density at radius 2 is 1.79 bits per heavy atom. The van der Waals surface area contributed by atoms with Gasteiger partial charge in [0, 0.05) is 62.4 Å². The summed E-state index contributed by atoms with van der Waals surface area (Å²) in [5.74, 6) is 3.27. The van der Waals surface area contributed by atoms with Crippen LogP contribution < -0.4 is 19.8 Å². The van der Waals surface area contributed by atoms with E-state index < -0.39 is 0 Å². The second kappa shape index (κ2) is 9.61. The van der Waals surface area contributed by atoms with Crippen molar-refractivity contribution in [2.45, 2.75) is 19.4 Å². The van der Waals surface area contributed by atoms with Crippen molar-refractivity contribution in [3.05, 3.63) is 51.4 Å². The molecule has 9 nitrogen and oxygen atoms in total. The van der Waals surface area contributed by atoms with Gasteiger partial charge in [-0.05, 0) is 17.7 Å². The number of hydrogen-bond donors (Lipinski definition) is 0. The molecule has 2 aromatic rings. The highest BCUT2D eigenvalue weighted by Crippen LogP contribution is 2.33. The van der Waals surface area contributed by atoms with Gasteiger partial charge >= 0.3 is 0 Å². The summed E-state index contributed by atoms with van der Waals surface area (Å²) in [7, 11) is 1.48. The maximum Gasteiger partial charge on any atom is 0.259 e. The summed E-state index contributed by atoms with van der Waals surface area (Å²) in [5, 5.41) is 0. The molecular formula is C24H27N3O6S. The summed E-state index contributed by atoms with van der Waals surface area (Å²) in [6.07, 6.45) is 0.630. The van der Waals surface area contributed by atoms with Gasteiger partial charge in [-0.3, -0.25) is 14.4 Å². The van der Waals surface area contributed by atoms with Crippen LogP contribution >= 0.6 is 11.8 Å². The molecule has 3 aliphatic rings. The highest BCUT2D eigenvalue weighted by Gasteiger charge is 2.30. The number of aromatic nitrogens is 1. The molecule has 0 atom stereocenters. The lowest BCUT2D eigenvalue weighted by Crippen LogP contribution is -2.39. The summed E-state index contributed by atoms with van der Waals surface area (Å²) in [5.41, 5.74) is 1.71. The van der Waals surface area contributed by atoms with Crippen LogP contribution in [0.5, 0.6) is 17.2 Å². The zero-order valence-electron chi connectivity index (χ0n) is 19.1. The van der Waals surface area contributed by atoms with Crippen LogP contribution in [0.3, 0.4) is 0 Å². The lowest BCUT2D eigenvalue weighted by molar-refractivity contribution is -0.130. The molecule has 1 aromatic heterocycles. The maximum absolute atomic E-state index is 13.4. The van der Waals surface area contributed by atoms with E-state index in [9.17, 15) is 14.4 Å². The van der Waals surface area contributed by atoms with E-state index in [0.717, 1.165) is 17.1 Å². The van der Waals surface area contributed by atoms with Crippen molar-refractivity contribution in [3.8, 4) is 17.2 Å². The monoisotopic (exact) mass is 485 g/mol. The molecule has 4 heterocycles. The van der Waals surface area contributed by atoms with Crippen molar-refractivity contribution in [1.82, 2.24) is 14.4 Å². The van der Waals surface area contributed by atoms with E-state index in [2.05, 4.69) is 0 Å². The lowest BCUT2D eigenvalue weighted by atomic mass is 10.1. The highest BCUT2D eigenvalue weighted by atomic mass is 32.2. The quantitative estimate of drug-likeness (QED) is 0.647. The van der Waals surface area contributed by atoms with Crippen LogP contribution in [0.2, 0.25) is 0 Å². The topological polar surface area (TPSA) is 90.3 Å². The number of carbonyl (C=O) groups is 2. The predicted molar refractivity (Wildman–Crippen MR) is 127 cm³/mol. The fraction of sp³-hybridized carbons (Fsp3) is 0.458.